The number of nitrogens with one attached hydrogen (secondary N) is 1. The van der Waals surface area contributed by atoms with Gasteiger partial charge in [-0.05, 0) is 38.0 Å². The average molecular weight is 418 g/mol. The Morgan fingerprint density at radius 2 is 1.81 bits per heavy atom. The highest BCUT2D eigenvalue weighted by molar-refractivity contribution is 6.01. The van der Waals surface area contributed by atoms with Gasteiger partial charge in [-0.15, -0.1) is 0 Å². The Bertz CT molecular complexity index is 1100. The van der Waals surface area contributed by atoms with Crippen molar-refractivity contribution in [2.45, 2.75) is 31.8 Å². The van der Waals surface area contributed by atoms with E-state index in [9.17, 15) is 9.59 Å². The van der Waals surface area contributed by atoms with Crippen molar-refractivity contribution in [1.29, 1.82) is 0 Å². The molecule has 2 aromatic carbocycles. The van der Waals surface area contributed by atoms with Crippen LogP contribution >= 0.6 is 0 Å². The summed E-state index contributed by atoms with van der Waals surface area (Å²) in [5, 5.41) is 8.04. The van der Waals surface area contributed by atoms with Gasteiger partial charge in [0.2, 0.25) is 5.91 Å². The van der Waals surface area contributed by atoms with Crippen molar-refractivity contribution in [2.75, 3.05) is 26.2 Å². The Morgan fingerprint density at radius 3 is 2.52 bits per heavy atom. The fraction of sp³-hybridized carbons (Fsp3) is 0.375. The molecule has 7 heteroatoms. The van der Waals surface area contributed by atoms with Crippen molar-refractivity contribution in [1.82, 2.24) is 20.3 Å². The number of aromatic nitrogens is 1. The molecule has 1 N–H and O–H groups in total. The standard InChI is InChI=1S/C24H26N4O3/c1-16(23(29)25-19-8-9-19)27-11-13-28(14-12-27)24(30)18-7-10-21-20(15-18)22(31-26-21)17-5-3-2-4-6-17/h2-7,10,15-16,19H,8-9,11-14H2,1H3,(H,25,29). The van der Waals surface area contributed by atoms with Crippen LogP contribution in [0, 0.1) is 0 Å². The molecule has 0 bridgehead atoms. The molecule has 1 unspecified atom stereocenters. The third-order valence-corrected chi connectivity index (χ3v) is 6.21. The van der Waals surface area contributed by atoms with E-state index in [4.69, 9.17) is 4.52 Å². The van der Waals surface area contributed by atoms with E-state index < -0.39 is 0 Å². The predicted octanol–water partition coefficient (Wildman–Crippen LogP) is 2.92. The number of piperazine rings is 1. The predicted molar refractivity (Wildman–Crippen MR) is 118 cm³/mol. The summed E-state index contributed by atoms with van der Waals surface area (Å²) >= 11 is 0. The zero-order valence-electron chi connectivity index (χ0n) is 17.6. The zero-order valence-corrected chi connectivity index (χ0v) is 17.6. The van der Waals surface area contributed by atoms with Crippen molar-refractivity contribution in [3.8, 4) is 11.3 Å². The fourth-order valence-corrected chi connectivity index (χ4v) is 4.08. The maximum atomic E-state index is 13.2. The van der Waals surface area contributed by atoms with Gasteiger partial charge in [0, 0.05) is 43.3 Å². The van der Waals surface area contributed by atoms with Gasteiger partial charge in [0.15, 0.2) is 5.76 Å². The van der Waals surface area contributed by atoms with Gasteiger partial charge < -0.3 is 14.7 Å². The summed E-state index contributed by atoms with van der Waals surface area (Å²) in [5.74, 6) is 0.760. The lowest BCUT2D eigenvalue weighted by Crippen LogP contribution is -2.55. The number of hydrogen-bond donors (Lipinski definition) is 1. The topological polar surface area (TPSA) is 78.7 Å². The Morgan fingerprint density at radius 1 is 1.06 bits per heavy atom. The van der Waals surface area contributed by atoms with Crippen LogP contribution in [0.5, 0.6) is 0 Å². The molecular formula is C24H26N4O3. The minimum atomic E-state index is -0.167. The van der Waals surface area contributed by atoms with Crippen molar-refractivity contribution in [3.63, 3.8) is 0 Å². The average Bonchev–Trinajstić information content (AvgIpc) is 3.53. The van der Waals surface area contributed by atoms with Crippen molar-refractivity contribution >= 4 is 22.7 Å². The molecular weight excluding hydrogens is 392 g/mol. The Balaban J connectivity index is 1.28. The van der Waals surface area contributed by atoms with Crippen LogP contribution in [0.1, 0.15) is 30.1 Å². The summed E-state index contributed by atoms with van der Waals surface area (Å²) in [7, 11) is 0. The number of carbonyl (C=O) groups is 2. The highest BCUT2D eigenvalue weighted by Crippen LogP contribution is 2.29. The van der Waals surface area contributed by atoms with Gasteiger partial charge in [0.1, 0.15) is 5.52 Å². The minimum absolute atomic E-state index is 0.00292. The Kier molecular flexibility index (Phi) is 5.19. The molecule has 1 saturated heterocycles. The molecule has 7 nitrogen and oxygen atoms in total. The summed E-state index contributed by atoms with van der Waals surface area (Å²) in [6.45, 7) is 4.53. The molecule has 160 valence electrons. The number of benzene rings is 2. The number of nitrogens with zero attached hydrogens (tertiary/aromatic N) is 3. The molecule has 2 heterocycles. The number of carbonyl (C=O) groups excluding carboxylic acids is 2. The smallest absolute Gasteiger partial charge is 0.253 e. The van der Waals surface area contributed by atoms with Crippen molar-refractivity contribution < 1.29 is 14.1 Å². The van der Waals surface area contributed by atoms with Gasteiger partial charge in [-0.3, -0.25) is 14.5 Å². The monoisotopic (exact) mass is 418 g/mol. The van der Waals surface area contributed by atoms with E-state index in [1.807, 2.05) is 54.3 Å². The summed E-state index contributed by atoms with van der Waals surface area (Å²) in [6, 6.07) is 15.5. The number of fused-ring (bicyclic) bond motifs is 1. The van der Waals surface area contributed by atoms with Gasteiger partial charge >= 0.3 is 0 Å². The van der Waals surface area contributed by atoms with Crippen LogP contribution in [0.25, 0.3) is 22.2 Å². The van der Waals surface area contributed by atoms with E-state index in [1.165, 1.54) is 0 Å². The molecule has 1 aliphatic carbocycles. The normalized spacial score (nSPS) is 18.2. The maximum absolute atomic E-state index is 13.2. The largest absolute Gasteiger partial charge is 0.355 e. The molecule has 0 radical (unpaired) electrons. The summed E-state index contributed by atoms with van der Waals surface area (Å²) in [5.41, 5.74) is 2.29. The molecule has 1 aromatic heterocycles. The molecule has 1 saturated carbocycles. The molecule has 3 aromatic rings. The highest BCUT2D eigenvalue weighted by atomic mass is 16.5. The third kappa shape index (κ3) is 4.05. The molecule has 2 aliphatic rings. The SMILES string of the molecule is CC(C(=O)NC1CC1)N1CCN(C(=O)c2ccc3noc(-c4ccccc4)c3c2)CC1. The summed E-state index contributed by atoms with van der Waals surface area (Å²) < 4.78 is 5.56. The minimum Gasteiger partial charge on any atom is -0.355 e. The van der Waals surface area contributed by atoms with Gasteiger partial charge in [-0.2, -0.15) is 0 Å². The molecule has 1 atom stereocenters. The van der Waals surface area contributed by atoms with Gasteiger partial charge in [-0.1, -0.05) is 35.5 Å². The van der Waals surface area contributed by atoms with Crippen LogP contribution in [0.3, 0.4) is 0 Å². The second-order valence-corrected chi connectivity index (χ2v) is 8.40. The van der Waals surface area contributed by atoms with Crippen LogP contribution in [0.2, 0.25) is 0 Å². The first kappa shape index (κ1) is 19.8. The lowest BCUT2D eigenvalue weighted by atomic mass is 10.1. The van der Waals surface area contributed by atoms with E-state index in [-0.39, 0.29) is 17.9 Å². The third-order valence-electron chi connectivity index (χ3n) is 6.21. The van der Waals surface area contributed by atoms with Crippen LogP contribution in [0.15, 0.2) is 53.1 Å². The molecule has 0 spiro atoms. The van der Waals surface area contributed by atoms with Gasteiger partial charge in [0.05, 0.1) is 11.4 Å². The first-order valence-electron chi connectivity index (χ1n) is 10.9. The lowest BCUT2D eigenvalue weighted by molar-refractivity contribution is -0.126. The lowest BCUT2D eigenvalue weighted by Gasteiger charge is -2.37. The highest BCUT2D eigenvalue weighted by Gasteiger charge is 2.31. The van der Waals surface area contributed by atoms with Gasteiger partial charge in [0.25, 0.3) is 5.91 Å². The Labute approximate surface area is 181 Å². The number of amides is 2. The fourth-order valence-electron chi connectivity index (χ4n) is 4.08. The summed E-state index contributed by atoms with van der Waals surface area (Å²) in [6.07, 6.45) is 2.17. The Hall–Kier alpha value is -3.19. The first-order chi connectivity index (χ1) is 15.1. The number of rotatable bonds is 5. The zero-order chi connectivity index (χ0) is 21.4. The van der Waals surface area contributed by atoms with Crippen LogP contribution < -0.4 is 5.32 Å². The maximum Gasteiger partial charge on any atom is 0.253 e. The van der Waals surface area contributed by atoms with Crippen molar-refractivity contribution in [3.05, 3.63) is 54.1 Å². The van der Waals surface area contributed by atoms with E-state index in [1.54, 1.807) is 6.07 Å². The van der Waals surface area contributed by atoms with Crippen LogP contribution in [-0.4, -0.2) is 65.0 Å². The van der Waals surface area contributed by atoms with Crippen molar-refractivity contribution in [2.24, 2.45) is 0 Å². The molecule has 5 rings (SSSR count). The van der Waals surface area contributed by atoms with E-state index in [2.05, 4.69) is 15.4 Å². The second kappa shape index (κ2) is 8.15. The van der Waals surface area contributed by atoms with Crippen LogP contribution in [0.4, 0.5) is 0 Å². The van der Waals surface area contributed by atoms with E-state index in [0.29, 0.717) is 43.5 Å². The molecule has 2 fully saturated rings. The van der Waals surface area contributed by atoms with E-state index >= 15 is 0 Å². The second-order valence-electron chi connectivity index (χ2n) is 8.40. The van der Waals surface area contributed by atoms with Gasteiger partial charge in [-0.25, -0.2) is 0 Å². The first-order valence-corrected chi connectivity index (χ1v) is 10.9. The molecule has 1 aliphatic heterocycles. The van der Waals surface area contributed by atoms with Crippen LogP contribution in [-0.2, 0) is 4.79 Å². The van der Waals surface area contributed by atoms with E-state index in [0.717, 1.165) is 29.3 Å². The molecule has 31 heavy (non-hydrogen) atoms. The quantitative estimate of drug-likeness (QED) is 0.689. The summed E-state index contributed by atoms with van der Waals surface area (Å²) in [4.78, 5) is 29.5. The number of hydrogen-bond acceptors (Lipinski definition) is 5. The molecule has 2 amide bonds.